The van der Waals surface area contributed by atoms with Crippen LogP contribution in [0.5, 0.6) is 0 Å². The molecule has 0 radical (unpaired) electrons. The monoisotopic (exact) mass is 780 g/mol. The molecule has 14 rings (SSSR count). The Bertz CT molecular complexity index is 3990. The second kappa shape index (κ2) is 11.5. The number of rotatable bonds is 2. The second-order valence-corrected chi connectivity index (χ2v) is 18.3. The van der Waals surface area contributed by atoms with Crippen LogP contribution in [0.25, 0.3) is 119 Å². The Morgan fingerprint density at radius 2 is 0.767 bits per heavy atom. The first-order valence-corrected chi connectivity index (χ1v) is 21.7. The molecule has 0 N–H and O–H groups in total. The minimum Gasteiger partial charge on any atom is -0.309 e. The first-order chi connectivity index (χ1) is 29.5. The maximum absolute atomic E-state index is 2.54. The van der Waals surface area contributed by atoms with E-state index in [0.717, 1.165) is 5.69 Å². The highest BCUT2D eigenvalue weighted by Crippen LogP contribution is 2.53. The molecule has 0 saturated carbocycles. The zero-order valence-electron chi connectivity index (χ0n) is 33.1. The Morgan fingerprint density at radius 3 is 1.45 bits per heavy atom. The third-order valence-corrected chi connectivity index (χ3v) is 15.0. The SMILES string of the molecule is CC1(C)c2cc3c4ccccc4c4ccccc4c3cc2-c2cc3c(cc21)c1ccc(-n2c4ccccc4c4ccccc42)cc1n3-c1ccc2sc3ccccc3c2c1. The lowest BCUT2D eigenvalue weighted by atomic mass is 9.81. The average molecular weight is 781 g/mol. The molecule has 3 heteroatoms. The van der Waals surface area contributed by atoms with Crippen molar-refractivity contribution in [3.8, 4) is 22.5 Å². The van der Waals surface area contributed by atoms with Crippen molar-refractivity contribution in [2.24, 2.45) is 0 Å². The Balaban J connectivity index is 1.09. The van der Waals surface area contributed by atoms with Gasteiger partial charge in [0.2, 0.25) is 0 Å². The van der Waals surface area contributed by atoms with Gasteiger partial charge in [0.25, 0.3) is 0 Å². The summed E-state index contributed by atoms with van der Waals surface area (Å²) in [5, 5.41) is 15.6. The fourth-order valence-corrected chi connectivity index (χ4v) is 12.2. The number of para-hydroxylation sites is 2. The molecular weight excluding hydrogens is 745 g/mol. The van der Waals surface area contributed by atoms with Gasteiger partial charge in [-0.25, -0.2) is 0 Å². The molecule has 0 fully saturated rings. The fraction of sp³-hybridized carbons (Fsp3) is 0.0526. The van der Waals surface area contributed by atoms with Gasteiger partial charge >= 0.3 is 0 Å². The molecule has 1 aliphatic rings. The normalized spacial score (nSPS) is 13.6. The van der Waals surface area contributed by atoms with Gasteiger partial charge in [0.15, 0.2) is 0 Å². The lowest BCUT2D eigenvalue weighted by Crippen LogP contribution is -2.15. The molecule has 1 aliphatic carbocycles. The third kappa shape index (κ3) is 4.17. The van der Waals surface area contributed by atoms with Crippen molar-refractivity contribution in [1.82, 2.24) is 9.13 Å². The van der Waals surface area contributed by atoms with Gasteiger partial charge in [-0.15, -0.1) is 11.3 Å². The highest BCUT2D eigenvalue weighted by atomic mass is 32.1. The lowest BCUT2D eigenvalue weighted by Gasteiger charge is -2.22. The molecule has 280 valence electrons. The first-order valence-electron chi connectivity index (χ1n) is 20.9. The van der Waals surface area contributed by atoms with Crippen molar-refractivity contribution in [3.63, 3.8) is 0 Å². The molecule has 10 aromatic carbocycles. The largest absolute Gasteiger partial charge is 0.309 e. The van der Waals surface area contributed by atoms with E-state index in [4.69, 9.17) is 0 Å². The molecular formula is C57H36N2S. The number of benzene rings is 10. The first kappa shape index (κ1) is 32.7. The quantitative estimate of drug-likeness (QED) is 0.155. The minimum absolute atomic E-state index is 0.189. The molecule has 0 bridgehead atoms. The second-order valence-electron chi connectivity index (χ2n) is 17.3. The molecule has 60 heavy (non-hydrogen) atoms. The maximum Gasteiger partial charge on any atom is 0.0561 e. The van der Waals surface area contributed by atoms with E-state index in [0.29, 0.717) is 0 Å². The summed E-state index contributed by atoms with van der Waals surface area (Å²) in [6, 6.07) is 68.6. The van der Waals surface area contributed by atoms with Crippen molar-refractivity contribution in [2.75, 3.05) is 0 Å². The maximum atomic E-state index is 2.54. The van der Waals surface area contributed by atoms with Crippen LogP contribution in [0.2, 0.25) is 0 Å². The van der Waals surface area contributed by atoms with E-state index in [2.05, 4.69) is 205 Å². The molecule has 0 aliphatic heterocycles. The Labute approximate surface area is 349 Å². The van der Waals surface area contributed by atoms with Crippen LogP contribution >= 0.6 is 11.3 Å². The molecule has 0 unspecified atom stereocenters. The minimum atomic E-state index is -0.189. The fourth-order valence-electron chi connectivity index (χ4n) is 11.1. The molecule has 0 saturated heterocycles. The topological polar surface area (TPSA) is 9.86 Å². The van der Waals surface area contributed by atoms with Gasteiger partial charge in [0, 0.05) is 58.5 Å². The zero-order valence-corrected chi connectivity index (χ0v) is 33.9. The van der Waals surface area contributed by atoms with Gasteiger partial charge in [0.1, 0.15) is 0 Å². The van der Waals surface area contributed by atoms with Crippen molar-refractivity contribution in [1.29, 1.82) is 0 Å². The van der Waals surface area contributed by atoms with Crippen LogP contribution in [0.4, 0.5) is 0 Å². The molecule has 0 atom stereocenters. The summed E-state index contributed by atoms with van der Waals surface area (Å²) in [6.45, 7) is 4.85. The Hall–Kier alpha value is -7.20. The van der Waals surface area contributed by atoms with E-state index in [-0.39, 0.29) is 5.41 Å². The average Bonchev–Trinajstić information content (AvgIpc) is 3.99. The highest BCUT2D eigenvalue weighted by molar-refractivity contribution is 7.25. The number of fused-ring (bicyclic) bond motifs is 18. The summed E-state index contributed by atoms with van der Waals surface area (Å²) in [5.74, 6) is 0. The van der Waals surface area contributed by atoms with Crippen LogP contribution < -0.4 is 0 Å². The van der Waals surface area contributed by atoms with Crippen molar-refractivity contribution in [2.45, 2.75) is 19.3 Å². The lowest BCUT2D eigenvalue weighted by molar-refractivity contribution is 0.662. The van der Waals surface area contributed by atoms with E-state index in [9.17, 15) is 0 Å². The Morgan fingerprint density at radius 1 is 0.317 bits per heavy atom. The van der Waals surface area contributed by atoms with E-state index in [1.807, 2.05) is 11.3 Å². The summed E-state index contributed by atoms with van der Waals surface area (Å²) in [6.07, 6.45) is 0. The van der Waals surface area contributed by atoms with Crippen LogP contribution in [0.15, 0.2) is 182 Å². The summed E-state index contributed by atoms with van der Waals surface area (Å²) in [7, 11) is 0. The van der Waals surface area contributed by atoms with Crippen LogP contribution in [-0.4, -0.2) is 9.13 Å². The van der Waals surface area contributed by atoms with E-state index in [1.54, 1.807) is 0 Å². The molecule has 2 nitrogen and oxygen atoms in total. The standard InChI is InChI=1S/C57H36N2S/c1-57(2)49-30-44-38-16-6-4-14-36(38)35-13-3-5-15-37(35)43(44)29-45(49)46-32-54-47(31-50(46)57)41-25-23-34(58-51-20-10-7-17-39(51)40-18-8-11-21-52(40)58)28-53(41)59(54)33-24-26-56-48(27-33)42-19-9-12-22-55(42)60-56/h3-32H,1-2H3. The van der Waals surface area contributed by atoms with Crippen molar-refractivity contribution in [3.05, 3.63) is 193 Å². The van der Waals surface area contributed by atoms with Crippen LogP contribution in [0.1, 0.15) is 25.0 Å². The molecule has 13 aromatic rings. The van der Waals surface area contributed by atoms with E-state index < -0.39 is 0 Å². The van der Waals surface area contributed by atoms with Crippen molar-refractivity contribution >= 4 is 107 Å². The van der Waals surface area contributed by atoms with Crippen LogP contribution in [0.3, 0.4) is 0 Å². The summed E-state index contributed by atoms with van der Waals surface area (Å²) in [5.41, 5.74) is 12.5. The molecule has 0 amide bonds. The Kier molecular flexibility index (Phi) is 6.27. The predicted molar refractivity (Wildman–Crippen MR) is 258 cm³/mol. The summed E-state index contributed by atoms with van der Waals surface area (Å²) in [4.78, 5) is 0. The third-order valence-electron chi connectivity index (χ3n) is 13.9. The smallest absolute Gasteiger partial charge is 0.0561 e. The highest BCUT2D eigenvalue weighted by Gasteiger charge is 2.37. The molecule has 0 spiro atoms. The van der Waals surface area contributed by atoms with E-state index >= 15 is 0 Å². The van der Waals surface area contributed by atoms with Gasteiger partial charge < -0.3 is 9.13 Å². The zero-order chi connectivity index (χ0) is 39.4. The number of nitrogens with zero attached hydrogens (tertiary/aromatic N) is 2. The van der Waals surface area contributed by atoms with Gasteiger partial charge in [0.05, 0.1) is 22.1 Å². The van der Waals surface area contributed by atoms with Gasteiger partial charge in [-0.3, -0.25) is 0 Å². The number of hydrogen-bond donors (Lipinski definition) is 0. The number of thiophene rings is 1. The van der Waals surface area contributed by atoms with Crippen molar-refractivity contribution < 1.29 is 0 Å². The molecule has 3 aromatic heterocycles. The van der Waals surface area contributed by atoms with Gasteiger partial charge in [-0.05, 0) is 127 Å². The summed E-state index contributed by atoms with van der Waals surface area (Å²) < 4.78 is 7.63. The van der Waals surface area contributed by atoms with Crippen LogP contribution in [-0.2, 0) is 5.41 Å². The number of hydrogen-bond acceptors (Lipinski definition) is 1. The molecule has 3 heterocycles. The predicted octanol–water partition coefficient (Wildman–Crippen LogP) is 16.0. The van der Waals surface area contributed by atoms with Gasteiger partial charge in [-0.1, -0.05) is 123 Å². The van der Waals surface area contributed by atoms with Gasteiger partial charge in [-0.2, -0.15) is 0 Å². The number of aromatic nitrogens is 2. The van der Waals surface area contributed by atoms with Crippen LogP contribution in [0, 0.1) is 0 Å². The van der Waals surface area contributed by atoms with E-state index in [1.165, 1.54) is 124 Å². The summed E-state index contributed by atoms with van der Waals surface area (Å²) >= 11 is 1.88.